The number of aromatic nitrogens is 1. The highest BCUT2D eigenvalue weighted by Crippen LogP contribution is 2.24. The van der Waals surface area contributed by atoms with Gasteiger partial charge in [-0.15, -0.1) is 11.3 Å². The first-order chi connectivity index (χ1) is 12.4. The molecule has 0 amide bonds. The average Bonchev–Trinajstić information content (AvgIpc) is 3.02. The van der Waals surface area contributed by atoms with E-state index in [1.165, 1.54) is 22.5 Å². The highest BCUT2D eigenvalue weighted by atomic mass is 32.1. The second kappa shape index (κ2) is 9.33. The highest BCUT2D eigenvalue weighted by Gasteiger charge is 2.20. The minimum absolute atomic E-state index is 0.0777. The molecular weight excluding hydrogens is 348 g/mol. The highest BCUT2D eigenvalue weighted by molar-refractivity contribution is 7.13. The summed E-state index contributed by atoms with van der Waals surface area (Å²) in [6, 6.07) is 8.28. The van der Waals surface area contributed by atoms with Crippen LogP contribution in [-0.4, -0.2) is 30.6 Å². The smallest absolute Gasteiger partial charge is 0.350 e. The maximum absolute atomic E-state index is 12.0. The van der Waals surface area contributed by atoms with Gasteiger partial charge in [0.15, 0.2) is 5.96 Å². The lowest BCUT2D eigenvalue weighted by molar-refractivity contribution is 0.0531. The van der Waals surface area contributed by atoms with Gasteiger partial charge in [-0.3, -0.25) is 4.99 Å². The van der Waals surface area contributed by atoms with Crippen LogP contribution in [0.25, 0.3) is 0 Å². The van der Waals surface area contributed by atoms with Gasteiger partial charge in [0, 0.05) is 13.6 Å². The van der Waals surface area contributed by atoms with E-state index in [9.17, 15) is 4.79 Å². The minimum Gasteiger partial charge on any atom is -0.462 e. The molecule has 2 rings (SSSR count). The predicted molar refractivity (Wildman–Crippen MR) is 106 cm³/mol. The number of carbonyl (C=O) groups excluding carboxylic acids is 1. The standard InChI is InChI=1S/C19H26N4O2S/c1-6-25-18(24)16-13(3)22-17(26-16)14(4)23-19(20-5)21-11-15-9-7-12(2)8-10-15/h7-10,14H,6,11H2,1-5H3,(H2,20,21,23). The van der Waals surface area contributed by atoms with Crippen LogP contribution in [0.2, 0.25) is 0 Å². The molecule has 2 aromatic rings. The van der Waals surface area contributed by atoms with Crippen LogP contribution >= 0.6 is 11.3 Å². The molecule has 140 valence electrons. The normalized spacial score (nSPS) is 12.6. The summed E-state index contributed by atoms with van der Waals surface area (Å²) in [5.41, 5.74) is 3.11. The molecule has 6 nitrogen and oxygen atoms in total. The quantitative estimate of drug-likeness (QED) is 0.461. The molecule has 26 heavy (non-hydrogen) atoms. The Morgan fingerprint density at radius 2 is 2.00 bits per heavy atom. The zero-order valence-electron chi connectivity index (χ0n) is 15.9. The van der Waals surface area contributed by atoms with Gasteiger partial charge in [-0.05, 0) is 33.3 Å². The van der Waals surface area contributed by atoms with E-state index in [4.69, 9.17) is 4.74 Å². The number of guanidine groups is 1. The molecule has 1 unspecified atom stereocenters. The van der Waals surface area contributed by atoms with E-state index < -0.39 is 0 Å². The van der Waals surface area contributed by atoms with Gasteiger partial charge in [0.2, 0.25) is 0 Å². The molecule has 1 atom stereocenters. The van der Waals surface area contributed by atoms with Crippen LogP contribution in [0.4, 0.5) is 0 Å². The fourth-order valence-corrected chi connectivity index (χ4v) is 3.30. The van der Waals surface area contributed by atoms with E-state index >= 15 is 0 Å². The van der Waals surface area contributed by atoms with Crippen molar-refractivity contribution in [2.45, 2.75) is 40.3 Å². The topological polar surface area (TPSA) is 75.6 Å². The maximum Gasteiger partial charge on any atom is 0.350 e. The van der Waals surface area contributed by atoms with E-state index in [2.05, 4.69) is 51.8 Å². The number of hydrogen-bond donors (Lipinski definition) is 2. The molecule has 1 aromatic heterocycles. The van der Waals surface area contributed by atoms with Crippen LogP contribution in [0.1, 0.15) is 51.4 Å². The van der Waals surface area contributed by atoms with E-state index in [-0.39, 0.29) is 12.0 Å². The monoisotopic (exact) mass is 374 g/mol. The molecule has 0 aliphatic rings. The van der Waals surface area contributed by atoms with E-state index in [0.717, 1.165) is 5.01 Å². The van der Waals surface area contributed by atoms with Crippen molar-refractivity contribution < 1.29 is 9.53 Å². The summed E-state index contributed by atoms with van der Waals surface area (Å²) in [4.78, 5) is 21.3. The molecule has 0 radical (unpaired) electrons. The molecule has 0 saturated carbocycles. The fourth-order valence-electron chi connectivity index (χ4n) is 2.34. The molecular formula is C19H26N4O2S. The van der Waals surface area contributed by atoms with Crippen LogP contribution in [0.5, 0.6) is 0 Å². The molecule has 0 fully saturated rings. The van der Waals surface area contributed by atoms with Crippen LogP contribution in [0.15, 0.2) is 29.3 Å². The molecule has 0 aliphatic heterocycles. The molecule has 0 spiro atoms. The maximum atomic E-state index is 12.0. The minimum atomic E-state index is -0.317. The van der Waals surface area contributed by atoms with Gasteiger partial charge in [-0.2, -0.15) is 0 Å². The van der Waals surface area contributed by atoms with Gasteiger partial charge in [0.25, 0.3) is 0 Å². The number of esters is 1. The summed E-state index contributed by atoms with van der Waals surface area (Å²) < 4.78 is 5.08. The van der Waals surface area contributed by atoms with E-state index in [1.54, 1.807) is 14.0 Å². The van der Waals surface area contributed by atoms with Crippen LogP contribution in [0.3, 0.4) is 0 Å². The van der Waals surface area contributed by atoms with Crippen molar-refractivity contribution in [2.75, 3.05) is 13.7 Å². The van der Waals surface area contributed by atoms with E-state index in [1.807, 2.05) is 13.8 Å². The Kier molecular flexibility index (Phi) is 7.15. The van der Waals surface area contributed by atoms with Crippen molar-refractivity contribution >= 4 is 23.3 Å². The van der Waals surface area contributed by atoms with Crippen molar-refractivity contribution in [3.8, 4) is 0 Å². The molecule has 0 aliphatic carbocycles. The lowest BCUT2D eigenvalue weighted by Gasteiger charge is -2.16. The summed E-state index contributed by atoms with van der Waals surface area (Å²) in [6.07, 6.45) is 0. The Labute approximate surface area is 158 Å². The summed E-state index contributed by atoms with van der Waals surface area (Å²) in [6.45, 7) is 8.71. The summed E-state index contributed by atoms with van der Waals surface area (Å²) in [7, 11) is 1.73. The second-order valence-electron chi connectivity index (χ2n) is 5.96. The van der Waals surface area contributed by atoms with Crippen molar-refractivity contribution in [3.63, 3.8) is 0 Å². The van der Waals surface area contributed by atoms with Crippen molar-refractivity contribution in [3.05, 3.63) is 51.0 Å². The number of nitrogens with one attached hydrogen (secondary N) is 2. The Morgan fingerprint density at radius 3 is 2.62 bits per heavy atom. The van der Waals surface area contributed by atoms with Gasteiger partial charge in [0.05, 0.1) is 18.3 Å². The van der Waals surface area contributed by atoms with Gasteiger partial charge in [0.1, 0.15) is 9.88 Å². The number of thiazole rings is 1. The third kappa shape index (κ3) is 5.29. The van der Waals surface area contributed by atoms with Crippen molar-refractivity contribution in [2.24, 2.45) is 4.99 Å². The first-order valence-corrected chi connectivity index (χ1v) is 9.43. The first kappa shape index (κ1) is 19.9. The number of aryl methyl sites for hydroxylation is 2. The lowest BCUT2D eigenvalue weighted by Crippen LogP contribution is -2.38. The Bertz CT molecular complexity index is 768. The Balaban J connectivity index is 1.98. The molecule has 0 bridgehead atoms. The number of benzene rings is 1. The fraction of sp³-hybridized carbons (Fsp3) is 0.421. The average molecular weight is 375 g/mol. The molecule has 2 N–H and O–H groups in total. The van der Waals surface area contributed by atoms with E-state index in [0.29, 0.717) is 29.7 Å². The second-order valence-corrected chi connectivity index (χ2v) is 7.00. The Hall–Kier alpha value is -2.41. The number of rotatable bonds is 6. The van der Waals surface area contributed by atoms with Gasteiger partial charge in [-0.25, -0.2) is 9.78 Å². The summed E-state index contributed by atoms with van der Waals surface area (Å²) >= 11 is 1.35. The number of carbonyl (C=O) groups is 1. The summed E-state index contributed by atoms with van der Waals surface area (Å²) in [5, 5.41) is 7.43. The molecule has 1 aromatic carbocycles. The molecule has 1 heterocycles. The number of ether oxygens (including phenoxy) is 1. The number of nitrogens with zero attached hydrogens (tertiary/aromatic N) is 2. The first-order valence-electron chi connectivity index (χ1n) is 8.61. The van der Waals surface area contributed by atoms with Crippen LogP contribution in [0, 0.1) is 13.8 Å². The van der Waals surface area contributed by atoms with Gasteiger partial charge in [-0.1, -0.05) is 29.8 Å². The number of hydrogen-bond acceptors (Lipinski definition) is 5. The largest absolute Gasteiger partial charge is 0.462 e. The van der Waals surface area contributed by atoms with Crippen LogP contribution < -0.4 is 10.6 Å². The SMILES string of the molecule is CCOC(=O)c1sc(C(C)NC(=NC)NCc2ccc(C)cc2)nc1C. The van der Waals surface area contributed by atoms with Gasteiger partial charge < -0.3 is 15.4 Å². The zero-order chi connectivity index (χ0) is 19.1. The van der Waals surface area contributed by atoms with Crippen LogP contribution in [-0.2, 0) is 11.3 Å². The third-order valence-corrected chi connectivity index (χ3v) is 5.12. The zero-order valence-corrected chi connectivity index (χ0v) is 16.7. The van der Waals surface area contributed by atoms with Gasteiger partial charge >= 0.3 is 5.97 Å². The van der Waals surface area contributed by atoms with Crippen molar-refractivity contribution in [1.82, 2.24) is 15.6 Å². The predicted octanol–water partition coefficient (Wildman–Crippen LogP) is 3.36. The Morgan fingerprint density at radius 1 is 1.31 bits per heavy atom. The third-order valence-electron chi connectivity index (χ3n) is 3.80. The summed E-state index contributed by atoms with van der Waals surface area (Å²) in [5.74, 6) is 0.367. The molecule has 7 heteroatoms. The van der Waals surface area contributed by atoms with Crippen molar-refractivity contribution in [1.29, 1.82) is 0 Å². The molecule has 0 saturated heterocycles. The lowest BCUT2D eigenvalue weighted by atomic mass is 10.1. The number of aliphatic imine (C=N–C) groups is 1.